The van der Waals surface area contributed by atoms with Gasteiger partial charge in [0.2, 0.25) is 0 Å². The molecule has 0 spiro atoms. The molecule has 2 aromatic heterocycles. The zero-order chi connectivity index (χ0) is 39.0. The maximum absolute atomic E-state index is 3.36. The van der Waals surface area contributed by atoms with Crippen LogP contribution in [0.4, 0.5) is 17.1 Å². The van der Waals surface area contributed by atoms with Crippen LogP contribution < -0.4 is 4.90 Å². The van der Waals surface area contributed by atoms with Crippen molar-refractivity contribution in [3.05, 3.63) is 225 Å². The fraction of sp³-hybridized carbons (Fsp3) is 0.0182. The molecule has 0 aliphatic rings. The summed E-state index contributed by atoms with van der Waals surface area (Å²) < 4.78 is 4.89. The molecule has 0 saturated heterocycles. The molecule has 276 valence electrons. The zero-order valence-electron chi connectivity index (χ0n) is 32.3. The van der Waals surface area contributed by atoms with Crippen molar-refractivity contribution in [2.45, 2.75) is 6.92 Å². The van der Waals surface area contributed by atoms with Crippen LogP contribution in [0, 0.1) is 0 Å². The van der Waals surface area contributed by atoms with Crippen LogP contribution in [-0.4, -0.2) is 9.13 Å². The molecule has 2 heterocycles. The summed E-state index contributed by atoms with van der Waals surface area (Å²) in [5, 5.41) is 7.42. The van der Waals surface area contributed by atoms with Crippen molar-refractivity contribution < 1.29 is 0 Å². The maximum atomic E-state index is 3.36. The lowest BCUT2D eigenvalue weighted by Crippen LogP contribution is -2.10. The van der Waals surface area contributed by atoms with E-state index in [9.17, 15) is 0 Å². The van der Waals surface area contributed by atoms with Gasteiger partial charge in [-0.15, -0.1) is 6.58 Å². The van der Waals surface area contributed by atoms with Gasteiger partial charge in [0.25, 0.3) is 0 Å². The number of hydrogen-bond donors (Lipinski definition) is 0. The standard InChI is InChI=1S/C52H35N3.C3H6/c1-3-14-36(15-4-1)37-26-28-41(29-27-37)54-49-24-12-10-22-46(49)51-50(54)35-34-45-44-21-9-11-23-48(44)55(52(45)51)42-32-30-40(31-33-42)53(39-18-5-2-6-19-39)47-25-13-17-38-16-7-8-20-43(38)47;1-3-2/h1-35H;3H,1H2,2H3. The van der Waals surface area contributed by atoms with E-state index in [1.54, 1.807) is 6.08 Å². The number of rotatable bonds is 6. The molecule has 0 N–H and O–H groups in total. The Labute approximate surface area is 338 Å². The first-order valence-corrected chi connectivity index (χ1v) is 19.8. The van der Waals surface area contributed by atoms with Gasteiger partial charge in [-0.3, -0.25) is 0 Å². The van der Waals surface area contributed by atoms with Crippen LogP contribution >= 0.6 is 0 Å². The van der Waals surface area contributed by atoms with Gasteiger partial charge in [0.1, 0.15) is 0 Å². The second-order valence-corrected chi connectivity index (χ2v) is 14.6. The van der Waals surface area contributed by atoms with Gasteiger partial charge in [-0.05, 0) is 96.2 Å². The molecule has 0 aliphatic heterocycles. The Balaban J connectivity index is 0.00000132. The summed E-state index contributed by atoms with van der Waals surface area (Å²) in [6.45, 7) is 5.25. The van der Waals surface area contributed by atoms with Gasteiger partial charge in [0.05, 0.1) is 27.8 Å². The van der Waals surface area contributed by atoms with Crippen molar-refractivity contribution in [1.82, 2.24) is 9.13 Å². The van der Waals surface area contributed by atoms with Crippen molar-refractivity contribution in [3.63, 3.8) is 0 Å². The lowest BCUT2D eigenvalue weighted by atomic mass is 10.1. The van der Waals surface area contributed by atoms with Crippen LogP contribution in [0.15, 0.2) is 225 Å². The van der Waals surface area contributed by atoms with E-state index < -0.39 is 0 Å². The van der Waals surface area contributed by atoms with E-state index in [-0.39, 0.29) is 0 Å². The molecule has 0 bridgehead atoms. The molecule has 3 heteroatoms. The fourth-order valence-electron chi connectivity index (χ4n) is 8.65. The second-order valence-electron chi connectivity index (χ2n) is 14.6. The van der Waals surface area contributed by atoms with Gasteiger partial charge in [-0.25, -0.2) is 0 Å². The molecule has 3 nitrogen and oxygen atoms in total. The molecule has 0 fully saturated rings. The Hall–Kier alpha value is -7.62. The average molecular weight is 744 g/mol. The second kappa shape index (κ2) is 14.8. The van der Waals surface area contributed by atoms with Crippen LogP contribution in [0.2, 0.25) is 0 Å². The van der Waals surface area contributed by atoms with E-state index in [4.69, 9.17) is 0 Å². The number of hydrogen-bond acceptors (Lipinski definition) is 1. The third-order valence-electron chi connectivity index (χ3n) is 11.1. The first-order chi connectivity index (χ1) is 28.7. The Bertz CT molecular complexity index is 3220. The molecule has 0 atom stereocenters. The number of para-hydroxylation sites is 3. The number of anilines is 3. The Morgan fingerprint density at radius 1 is 0.397 bits per heavy atom. The average Bonchev–Trinajstić information content (AvgIpc) is 3.81. The smallest absolute Gasteiger partial charge is 0.0641 e. The lowest BCUT2D eigenvalue weighted by molar-refractivity contribution is 1.17. The SMILES string of the molecule is C=CC.c1ccc(-c2ccc(-n3c4ccccc4c4c3ccc3c5ccccc5n(-c5ccc(N(c6ccccc6)c6cccc7ccccc67)cc5)c34)cc2)cc1. The van der Waals surface area contributed by atoms with Crippen molar-refractivity contribution in [1.29, 1.82) is 0 Å². The fourth-order valence-corrected chi connectivity index (χ4v) is 8.65. The highest BCUT2D eigenvalue weighted by atomic mass is 15.1. The van der Waals surface area contributed by atoms with Gasteiger partial charge in [0.15, 0.2) is 0 Å². The number of aromatic nitrogens is 2. The molecule has 11 rings (SSSR count). The number of nitrogens with zero attached hydrogens (tertiary/aromatic N) is 3. The normalized spacial score (nSPS) is 11.3. The predicted molar refractivity (Wildman–Crippen MR) is 249 cm³/mol. The van der Waals surface area contributed by atoms with E-state index in [1.165, 1.54) is 65.5 Å². The Morgan fingerprint density at radius 2 is 0.914 bits per heavy atom. The van der Waals surface area contributed by atoms with Gasteiger partial charge >= 0.3 is 0 Å². The monoisotopic (exact) mass is 743 g/mol. The number of benzene rings is 9. The summed E-state index contributed by atoms with van der Waals surface area (Å²) in [7, 11) is 0. The molecule has 0 unspecified atom stereocenters. The van der Waals surface area contributed by atoms with E-state index >= 15 is 0 Å². The summed E-state index contributed by atoms with van der Waals surface area (Å²) in [6, 6.07) is 76.8. The van der Waals surface area contributed by atoms with E-state index in [0.717, 1.165) is 28.4 Å². The van der Waals surface area contributed by atoms with Gasteiger partial charge in [0, 0.05) is 49.7 Å². The van der Waals surface area contributed by atoms with Crippen molar-refractivity contribution in [2.24, 2.45) is 0 Å². The first-order valence-electron chi connectivity index (χ1n) is 19.8. The van der Waals surface area contributed by atoms with Crippen LogP contribution in [0.25, 0.3) is 76.9 Å². The van der Waals surface area contributed by atoms with Crippen molar-refractivity contribution in [2.75, 3.05) is 4.90 Å². The largest absolute Gasteiger partial charge is 0.310 e. The molecule has 0 aliphatic carbocycles. The van der Waals surface area contributed by atoms with Crippen LogP contribution in [-0.2, 0) is 0 Å². The van der Waals surface area contributed by atoms with Gasteiger partial charge in [-0.2, -0.15) is 0 Å². The van der Waals surface area contributed by atoms with E-state index in [0.29, 0.717) is 0 Å². The van der Waals surface area contributed by atoms with Crippen molar-refractivity contribution in [3.8, 4) is 22.5 Å². The highest BCUT2D eigenvalue weighted by Crippen LogP contribution is 2.43. The topological polar surface area (TPSA) is 13.1 Å². The quantitative estimate of drug-likeness (QED) is 0.155. The minimum absolute atomic E-state index is 1.10. The molecule has 9 aromatic carbocycles. The molecular weight excluding hydrogens is 703 g/mol. The summed E-state index contributed by atoms with van der Waals surface area (Å²) in [5.74, 6) is 0. The molecule has 0 radical (unpaired) electrons. The predicted octanol–water partition coefficient (Wildman–Crippen LogP) is 15.4. The maximum Gasteiger partial charge on any atom is 0.0641 e. The molecule has 0 saturated carbocycles. The number of fused-ring (bicyclic) bond motifs is 8. The zero-order valence-corrected chi connectivity index (χ0v) is 32.3. The molecule has 58 heavy (non-hydrogen) atoms. The van der Waals surface area contributed by atoms with E-state index in [1.807, 2.05) is 6.92 Å². The lowest BCUT2D eigenvalue weighted by Gasteiger charge is -2.27. The van der Waals surface area contributed by atoms with Gasteiger partial charge in [-0.1, -0.05) is 146 Å². The Kier molecular flexibility index (Phi) is 8.89. The van der Waals surface area contributed by atoms with Crippen LogP contribution in [0.5, 0.6) is 0 Å². The highest BCUT2D eigenvalue weighted by molar-refractivity contribution is 6.26. The molecular formula is C55H41N3. The van der Waals surface area contributed by atoms with Gasteiger partial charge < -0.3 is 14.0 Å². The highest BCUT2D eigenvalue weighted by Gasteiger charge is 2.21. The molecule has 11 aromatic rings. The third kappa shape index (κ3) is 5.84. The summed E-state index contributed by atoms with van der Waals surface area (Å²) in [5.41, 5.74) is 12.9. The van der Waals surface area contributed by atoms with E-state index in [2.05, 4.69) is 233 Å². The minimum Gasteiger partial charge on any atom is -0.310 e. The summed E-state index contributed by atoms with van der Waals surface area (Å²) in [4.78, 5) is 2.37. The Morgan fingerprint density at radius 3 is 1.64 bits per heavy atom. The third-order valence-corrected chi connectivity index (χ3v) is 11.1. The summed E-state index contributed by atoms with van der Waals surface area (Å²) in [6.07, 6.45) is 1.75. The minimum atomic E-state index is 1.10. The van der Waals surface area contributed by atoms with Crippen LogP contribution in [0.3, 0.4) is 0 Å². The first kappa shape index (κ1) is 34.8. The molecule has 0 amide bonds. The summed E-state index contributed by atoms with van der Waals surface area (Å²) >= 11 is 0. The van der Waals surface area contributed by atoms with Crippen LogP contribution in [0.1, 0.15) is 6.92 Å². The van der Waals surface area contributed by atoms with Crippen molar-refractivity contribution >= 4 is 71.4 Å². The number of allylic oxidation sites excluding steroid dienone is 1.